The van der Waals surface area contributed by atoms with Gasteiger partial charge in [0.1, 0.15) is 17.7 Å². The molecule has 2 atom stereocenters. The van der Waals surface area contributed by atoms with Gasteiger partial charge in [-0.25, -0.2) is 9.69 Å². The van der Waals surface area contributed by atoms with Gasteiger partial charge in [0.05, 0.1) is 25.1 Å². The maximum atomic E-state index is 13.4. The molecule has 2 aliphatic heterocycles. The second kappa shape index (κ2) is 7.62. The largest absolute Gasteiger partial charge is 0.497 e. The number of hydrazone groups is 1. The van der Waals surface area contributed by atoms with E-state index in [0.29, 0.717) is 17.1 Å². The number of esters is 1. The van der Waals surface area contributed by atoms with Gasteiger partial charge in [0.25, 0.3) is 5.91 Å². The first-order chi connectivity index (χ1) is 14.5. The number of anilines is 2. The van der Waals surface area contributed by atoms with E-state index in [9.17, 15) is 14.4 Å². The summed E-state index contributed by atoms with van der Waals surface area (Å²) in [5, 5.41) is 5.80. The molecule has 2 heterocycles. The number of rotatable bonds is 5. The fourth-order valence-corrected chi connectivity index (χ4v) is 3.76. The molecule has 2 aliphatic rings. The van der Waals surface area contributed by atoms with Crippen LogP contribution >= 0.6 is 0 Å². The molecule has 8 heteroatoms. The standard InChI is InChI=1S/C22H21N3O5/c1-4-30-22(28)18-17-19(25(23-18)15-7-5-6-13(2)12-15)21(27)24(20(17)26)14-8-10-16(29-3)11-9-14/h5-12,17,19H,4H2,1-3H3. The fraction of sp³-hybridized carbons (Fsp3) is 0.273. The van der Waals surface area contributed by atoms with E-state index in [1.807, 2.05) is 25.1 Å². The molecular formula is C22H21N3O5. The average Bonchev–Trinajstić information content (AvgIpc) is 3.25. The molecule has 2 aromatic rings. The normalized spacial score (nSPS) is 20.3. The maximum absolute atomic E-state index is 13.4. The molecule has 0 saturated carbocycles. The molecule has 0 bridgehead atoms. The Bertz CT molecular complexity index is 1050. The van der Waals surface area contributed by atoms with Crippen LogP contribution < -0.4 is 14.6 Å². The number of carbonyl (C=O) groups excluding carboxylic acids is 3. The Balaban J connectivity index is 1.77. The SMILES string of the molecule is CCOC(=O)C1=NN(c2cccc(C)c2)C2C(=O)N(c3ccc(OC)cc3)C(=O)C12. The van der Waals surface area contributed by atoms with E-state index in [-0.39, 0.29) is 12.3 Å². The molecule has 0 radical (unpaired) electrons. The lowest BCUT2D eigenvalue weighted by Crippen LogP contribution is -2.39. The van der Waals surface area contributed by atoms with Crippen LogP contribution in [0.4, 0.5) is 11.4 Å². The Morgan fingerprint density at radius 3 is 2.43 bits per heavy atom. The molecule has 1 fully saturated rings. The van der Waals surface area contributed by atoms with E-state index in [1.165, 1.54) is 12.1 Å². The number of methoxy groups -OCH3 is 1. The molecule has 1 saturated heterocycles. The van der Waals surface area contributed by atoms with Gasteiger partial charge in [0.2, 0.25) is 5.91 Å². The summed E-state index contributed by atoms with van der Waals surface area (Å²) in [5.74, 6) is -2.07. The number of hydrogen-bond acceptors (Lipinski definition) is 7. The van der Waals surface area contributed by atoms with Gasteiger partial charge >= 0.3 is 5.97 Å². The number of hydrogen-bond donors (Lipinski definition) is 0. The van der Waals surface area contributed by atoms with Crippen molar-refractivity contribution in [2.45, 2.75) is 19.9 Å². The maximum Gasteiger partial charge on any atom is 0.355 e. The van der Waals surface area contributed by atoms with E-state index in [1.54, 1.807) is 37.3 Å². The number of imide groups is 1. The molecule has 2 amide bonds. The van der Waals surface area contributed by atoms with Crippen molar-refractivity contribution in [1.82, 2.24) is 0 Å². The first kappa shape index (κ1) is 19.6. The summed E-state index contributed by atoms with van der Waals surface area (Å²) in [4.78, 5) is 40.3. The summed E-state index contributed by atoms with van der Waals surface area (Å²) >= 11 is 0. The van der Waals surface area contributed by atoms with Crippen molar-refractivity contribution < 1.29 is 23.9 Å². The second-order valence-electron chi connectivity index (χ2n) is 7.02. The van der Waals surface area contributed by atoms with Crippen molar-refractivity contribution in [2.24, 2.45) is 11.0 Å². The zero-order valence-corrected chi connectivity index (χ0v) is 16.9. The van der Waals surface area contributed by atoms with E-state index >= 15 is 0 Å². The van der Waals surface area contributed by atoms with Crippen molar-refractivity contribution >= 4 is 34.9 Å². The van der Waals surface area contributed by atoms with Gasteiger partial charge < -0.3 is 9.47 Å². The van der Waals surface area contributed by atoms with Gasteiger partial charge in [-0.1, -0.05) is 12.1 Å². The minimum atomic E-state index is -1.03. The number of nitrogens with zero attached hydrogens (tertiary/aromatic N) is 3. The van der Waals surface area contributed by atoms with Gasteiger partial charge in [-0.15, -0.1) is 0 Å². The van der Waals surface area contributed by atoms with Crippen LogP contribution in [0.25, 0.3) is 0 Å². The second-order valence-corrected chi connectivity index (χ2v) is 7.02. The van der Waals surface area contributed by atoms with E-state index in [4.69, 9.17) is 9.47 Å². The molecular weight excluding hydrogens is 386 g/mol. The first-order valence-corrected chi connectivity index (χ1v) is 9.59. The van der Waals surface area contributed by atoms with Gasteiger partial charge in [-0.2, -0.15) is 5.10 Å². The summed E-state index contributed by atoms with van der Waals surface area (Å²) in [6.45, 7) is 3.73. The lowest BCUT2D eigenvalue weighted by atomic mass is 9.97. The van der Waals surface area contributed by atoms with Gasteiger partial charge in [0, 0.05) is 0 Å². The van der Waals surface area contributed by atoms with Crippen molar-refractivity contribution in [3.63, 3.8) is 0 Å². The highest BCUT2D eigenvalue weighted by Crippen LogP contribution is 2.38. The lowest BCUT2D eigenvalue weighted by molar-refractivity contribution is -0.136. The Morgan fingerprint density at radius 2 is 1.80 bits per heavy atom. The third-order valence-corrected chi connectivity index (χ3v) is 5.13. The Morgan fingerprint density at radius 1 is 1.07 bits per heavy atom. The van der Waals surface area contributed by atoms with E-state index in [0.717, 1.165) is 10.5 Å². The van der Waals surface area contributed by atoms with Crippen molar-refractivity contribution in [1.29, 1.82) is 0 Å². The van der Waals surface area contributed by atoms with Gasteiger partial charge in [0.15, 0.2) is 5.71 Å². The van der Waals surface area contributed by atoms with E-state index in [2.05, 4.69) is 5.10 Å². The molecule has 4 rings (SSSR count). The van der Waals surface area contributed by atoms with Crippen LogP contribution in [0.1, 0.15) is 12.5 Å². The summed E-state index contributed by atoms with van der Waals surface area (Å²) in [7, 11) is 1.54. The van der Waals surface area contributed by atoms with Crippen molar-refractivity contribution in [3.05, 3.63) is 54.1 Å². The zero-order valence-electron chi connectivity index (χ0n) is 16.9. The van der Waals surface area contributed by atoms with Crippen LogP contribution in [0, 0.1) is 12.8 Å². The predicted octanol–water partition coefficient (Wildman–Crippen LogP) is 2.30. The Kier molecular flexibility index (Phi) is 4.99. The van der Waals surface area contributed by atoms with Crippen LogP contribution in [0.3, 0.4) is 0 Å². The summed E-state index contributed by atoms with van der Waals surface area (Å²) in [5.41, 5.74) is 1.94. The summed E-state index contributed by atoms with van der Waals surface area (Å²) in [6, 6.07) is 13.0. The zero-order chi connectivity index (χ0) is 21.4. The van der Waals surface area contributed by atoms with Crippen LogP contribution in [0.5, 0.6) is 5.75 Å². The van der Waals surface area contributed by atoms with Crippen LogP contribution in [-0.4, -0.2) is 43.3 Å². The molecule has 30 heavy (non-hydrogen) atoms. The van der Waals surface area contributed by atoms with Crippen molar-refractivity contribution in [3.8, 4) is 5.75 Å². The Hall–Kier alpha value is -3.68. The number of aryl methyl sites for hydroxylation is 1. The molecule has 154 valence electrons. The predicted molar refractivity (Wildman–Crippen MR) is 110 cm³/mol. The van der Waals surface area contributed by atoms with Crippen LogP contribution in [-0.2, 0) is 19.1 Å². The quantitative estimate of drug-likeness (QED) is 0.558. The number of ether oxygens (including phenoxy) is 2. The number of fused-ring (bicyclic) bond motifs is 1. The highest BCUT2D eigenvalue weighted by molar-refractivity contribution is 6.47. The molecule has 0 aliphatic carbocycles. The number of amides is 2. The monoisotopic (exact) mass is 407 g/mol. The smallest absolute Gasteiger partial charge is 0.355 e. The molecule has 0 N–H and O–H groups in total. The third-order valence-electron chi connectivity index (χ3n) is 5.13. The molecule has 8 nitrogen and oxygen atoms in total. The highest BCUT2D eigenvalue weighted by atomic mass is 16.5. The highest BCUT2D eigenvalue weighted by Gasteiger charge is 2.59. The average molecular weight is 407 g/mol. The summed E-state index contributed by atoms with van der Waals surface area (Å²) < 4.78 is 10.2. The molecule has 2 aromatic carbocycles. The van der Waals surface area contributed by atoms with Crippen LogP contribution in [0.2, 0.25) is 0 Å². The number of benzene rings is 2. The van der Waals surface area contributed by atoms with E-state index < -0.39 is 29.7 Å². The van der Waals surface area contributed by atoms with Gasteiger partial charge in [-0.05, 0) is 55.8 Å². The molecule has 0 spiro atoms. The minimum absolute atomic E-state index is 0.0577. The van der Waals surface area contributed by atoms with Crippen molar-refractivity contribution in [2.75, 3.05) is 23.6 Å². The molecule has 0 aromatic heterocycles. The molecule has 2 unspecified atom stereocenters. The van der Waals surface area contributed by atoms with Gasteiger partial charge in [-0.3, -0.25) is 14.6 Å². The lowest BCUT2D eigenvalue weighted by Gasteiger charge is -2.22. The van der Waals surface area contributed by atoms with Crippen LogP contribution in [0.15, 0.2) is 53.6 Å². The minimum Gasteiger partial charge on any atom is -0.497 e. The number of carbonyl (C=O) groups is 3. The Labute approximate surface area is 173 Å². The topological polar surface area (TPSA) is 88.5 Å². The third kappa shape index (κ3) is 3.10. The fourth-order valence-electron chi connectivity index (χ4n) is 3.76. The summed E-state index contributed by atoms with van der Waals surface area (Å²) in [6.07, 6.45) is 0. The first-order valence-electron chi connectivity index (χ1n) is 9.59.